The summed E-state index contributed by atoms with van der Waals surface area (Å²) in [6, 6.07) is 1.91. The average Bonchev–Trinajstić information content (AvgIpc) is 2.69. The number of aryl methyl sites for hydroxylation is 1. The molecule has 0 spiro atoms. The van der Waals surface area contributed by atoms with Crippen molar-refractivity contribution in [1.29, 1.82) is 0 Å². The van der Waals surface area contributed by atoms with Crippen molar-refractivity contribution in [1.82, 2.24) is 4.90 Å². The van der Waals surface area contributed by atoms with Gasteiger partial charge in [0.25, 0.3) is 0 Å². The maximum atomic E-state index is 12.5. The van der Waals surface area contributed by atoms with Gasteiger partial charge in [0.1, 0.15) is 5.76 Å². The molecule has 1 amide bonds. The van der Waals surface area contributed by atoms with Crippen LogP contribution in [-0.2, 0) is 11.3 Å². The number of hydrogen-bond donors (Lipinski definition) is 1. The van der Waals surface area contributed by atoms with Crippen LogP contribution in [0.1, 0.15) is 31.1 Å². The number of carbonyl (C=O) groups is 1. The van der Waals surface area contributed by atoms with Gasteiger partial charge in [0.15, 0.2) is 0 Å². The Hall–Kier alpha value is -1.29. The lowest BCUT2D eigenvalue weighted by Crippen LogP contribution is -2.53. The summed E-state index contributed by atoms with van der Waals surface area (Å²) < 4.78 is 5.25. The molecule has 0 atom stereocenters. The minimum Gasteiger partial charge on any atom is -0.469 e. The Balaban J connectivity index is 2.03. The summed E-state index contributed by atoms with van der Waals surface area (Å²) >= 11 is 0. The standard InChI is InChI=1S/C14H22N2O2/c1-10-6-14(7-10,9-15)13(17)16(3)8-12-4-5-18-11(12)2/h4-5,10H,6-9,15H2,1-3H3. The summed E-state index contributed by atoms with van der Waals surface area (Å²) in [5.74, 6) is 1.66. The normalized spacial score (nSPS) is 26.8. The topological polar surface area (TPSA) is 59.5 Å². The predicted octanol–water partition coefficient (Wildman–Crippen LogP) is 1.92. The minimum absolute atomic E-state index is 0.170. The predicted molar refractivity (Wildman–Crippen MR) is 69.8 cm³/mol. The SMILES string of the molecule is Cc1occc1CN(C)C(=O)C1(CN)CC(C)C1. The lowest BCUT2D eigenvalue weighted by atomic mass is 9.62. The van der Waals surface area contributed by atoms with Crippen LogP contribution in [0.5, 0.6) is 0 Å². The molecular formula is C14H22N2O2. The Morgan fingerprint density at radius 3 is 2.72 bits per heavy atom. The van der Waals surface area contributed by atoms with E-state index in [1.54, 1.807) is 11.2 Å². The lowest BCUT2D eigenvalue weighted by Gasteiger charge is -2.46. The molecular weight excluding hydrogens is 228 g/mol. The first-order chi connectivity index (χ1) is 8.48. The van der Waals surface area contributed by atoms with Crippen molar-refractivity contribution < 1.29 is 9.21 Å². The highest BCUT2D eigenvalue weighted by atomic mass is 16.3. The number of amides is 1. The van der Waals surface area contributed by atoms with Crippen LogP contribution in [0.4, 0.5) is 0 Å². The van der Waals surface area contributed by atoms with E-state index < -0.39 is 0 Å². The molecule has 0 saturated heterocycles. The molecule has 1 saturated carbocycles. The van der Waals surface area contributed by atoms with Gasteiger partial charge in [-0.25, -0.2) is 0 Å². The monoisotopic (exact) mass is 250 g/mol. The zero-order chi connectivity index (χ0) is 13.3. The van der Waals surface area contributed by atoms with Crippen molar-refractivity contribution in [3.8, 4) is 0 Å². The third-order valence-electron chi connectivity index (χ3n) is 4.04. The van der Waals surface area contributed by atoms with E-state index in [1.165, 1.54) is 0 Å². The van der Waals surface area contributed by atoms with Crippen LogP contribution in [0.2, 0.25) is 0 Å². The van der Waals surface area contributed by atoms with E-state index in [4.69, 9.17) is 10.2 Å². The Morgan fingerprint density at radius 1 is 1.61 bits per heavy atom. The average molecular weight is 250 g/mol. The molecule has 4 heteroatoms. The minimum atomic E-state index is -0.314. The van der Waals surface area contributed by atoms with E-state index in [0.717, 1.165) is 24.2 Å². The number of nitrogens with two attached hydrogens (primary N) is 1. The Labute approximate surface area is 108 Å². The molecule has 1 aliphatic rings. The van der Waals surface area contributed by atoms with E-state index in [9.17, 15) is 4.79 Å². The largest absolute Gasteiger partial charge is 0.469 e. The van der Waals surface area contributed by atoms with Crippen molar-refractivity contribution in [3.05, 3.63) is 23.7 Å². The van der Waals surface area contributed by atoms with Crippen LogP contribution >= 0.6 is 0 Å². The summed E-state index contributed by atoms with van der Waals surface area (Å²) in [6.45, 7) is 5.13. The molecule has 0 aliphatic heterocycles. The first-order valence-corrected chi connectivity index (χ1v) is 6.47. The zero-order valence-corrected chi connectivity index (χ0v) is 11.4. The van der Waals surface area contributed by atoms with Crippen molar-refractivity contribution in [3.63, 3.8) is 0 Å². The second-order valence-corrected chi connectivity index (χ2v) is 5.66. The summed E-state index contributed by atoms with van der Waals surface area (Å²) in [5, 5.41) is 0. The molecule has 2 N–H and O–H groups in total. The van der Waals surface area contributed by atoms with Crippen LogP contribution in [0.3, 0.4) is 0 Å². The molecule has 1 fully saturated rings. The fourth-order valence-electron chi connectivity index (χ4n) is 3.01. The smallest absolute Gasteiger partial charge is 0.230 e. The number of hydrogen-bond acceptors (Lipinski definition) is 3. The molecule has 0 radical (unpaired) electrons. The molecule has 1 aromatic rings. The van der Waals surface area contributed by atoms with Gasteiger partial charge in [0.2, 0.25) is 5.91 Å². The Morgan fingerprint density at radius 2 is 2.28 bits per heavy atom. The van der Waals surface area contributed by atoms with Gasteiger partial charge in [-0.2, -0.15) is 0 Å². The van der Waals surface area contributed by atoms with Gasteiger partial charge in [-0.3, -0.25) is 4.79 Å². The first kappa shape index (κ1) is 13.1. The molecule has 0 aromatic carbocycles. The fourth-order valence-corrected chi connectivity index (χ4v) is 3.01. The van der Waals surface area contributed by atoms with Gasteiger partial charge in [0.05, 0.1) is 11.7 Å². The van der Waals surface area contributed by atoms with E-state index in [-0.39, 0.29) is 11.3 Å². The molecule has 2 rings (SSSR count). The quantitative estimate of drug-likeness (QED) is 0.888. The Bertz CT molecular complexity index is 433. The van der Waals surface area contributed by atoms with E-state index in [2.05, 4.69) is 6.92 Å². The van der Waals surface area contributed by atoms with E-state index in [0.29, 0.717) is 19.0 Å². The van der Waals surface area contributed by atoms with Crippen LogP contribution in [-0.4, -0.2) is 24.4 Å². The number of nitrogens with zero attached hydrogens (tertiary/aromatic N) is 1. The van der Waals surface area contributed by atoms with Crippen molar-refractivity contribution in [2.45, 2.75) is 33.2 Å². The highest BCUT2D eigenvalue weighted by molar-refractivity contribution is 5.83. The van der Waals surface area contributed by atoms with Crippen molar-refractivity contribution in [2.75, 3.05) is 13.6 Å². The summed E-state index contributed by atoms with van der Waals surface area (Å²) in [5.41, 5.74) is 6.55. The molecule has 1 aliphatic carbocycles. The Kier molecular flexibility index (Phi) is 3.48. The van der Waals surface area contributed by atoms with Gasteiger partial charge >= 0.3 is 0 Å². The van der Waals surface area contributed by atoms with E-state index in [1.807, 2.05) is 20.0 Å². The van der Waals surface area contributed by atoms with Crippen molar-refractivity contribution >= 4 is 5.91 Å². The van der Waals surface area contributed by atoms with Gasteiger partial charge in [0, 0.05) is 25.7 Å². The molecule has 18 heavy (non-hydrogen) atoms. The van der Waals surface area contributed by atoms with Crippen molar-refractivity contribution in [2.24, 2.45) is 17.1 Å². The first-order valence-electron chi connectivity index (χ1n) is 6.47. The highest BCUT2D eigenvalue weighted by Gasteiger charge is 2.48. The van der Waals surface area contributed by atoms with Crippen LogP contribution in [0, 0.1) is 18.3 Å². The maximum Gasteiger partial charge on any atom is 0.230 e. The highest BCUT2D eigenvalue weighted by Crippen LogP contribution is 2.45. The lowest BCUT2D eigenvalue weighted by molar-refractivity contribution is -0.148. The van der Waals surface area contributed by atoms with Gasteiger partial charge in [-0.1, -0.05) is 6.92 Å². The van der Waals surface area contributed by atoms with Crippen LogP contribution in [0.15, 0.2) is 16.7 Å². The summed E-state index contributed by atoms with van der Waals surface area (Å²) in [4.78, 5) is 14.3. The second-order valence-electron chi connectivity index (χ2n) is 5.66. The molecule has 4 nitrogen and oxygen atoms in total. The maximum absolute atomic E-state index is 12.5. The zero-order valence-electron chi connectivity index (χ0n) is 11.4. The van der Waals surface area contributed by atoms with Gasteiger partial charge < -0.3 is 15.1 Å². The summed E-state index contributed by atoms with van der Waals surface area (Å²) in [7, 11) is 1.84. The van der Waals surface area contributed by atoms with Crippen LogP contribution < -0.4 is 5.73 Å². The van der Waals surface area contributed by atoms with Gasteiger partial charge in [-0.15, -0.1) is 0 Å². The number of rotatable bonds is 4. The second kappa shape index (κ2) is 4.76. The third kappa shape index (κ3) is 2.17. The molecule has 0 bridgehead atoms. The van der Waals surface area contributed by atoms with E-state index >= 15 is 0 Å². The molecule has 100 valence electrons. The molecule has 1 aromatic heterocycles. The van der Waals surface area contributed by atoms with Crippen LogP contribution in [0.25, 0.3) is 0 Å². The number of carbonyl (C=O) groups excluding carboxylic acids is 1. The van der Waals surface area contributed by atoms with Gasteiger partial charge in [-0.05, 0) is 31.7 Å². The fraction of sp³-hybridized carbons (Fsp3) is 0.643. The molecule has 0 unspecified atom stereocenters. The summed E-state index contributed by atoms with van der Waals surface area (Å²) in [6.07, 6.45) is 3.49. The molecule has 1 heterocycles. The third-order valence-corrected chi connectivity index (χ3v) is 4.04. The number of furan rings is 1.